The van der Waals surface area contributed by atoms with Crippen LogP contribution in [0.15, 0.2) is 36.7 Å². The van der Waals surface area contributed by atoms with E-state index in [2.05, 4.69) is 4.98 Å². The Balaban J connectivity index is 2.55. The molecule has 2 aromatic rings. The molecule has 0 bridgehead atoms. The van der Waals surface area contributed by atoms with Gasteiger partial charge in [0.05, 0.1) is 6.54 Å². The van der Waals surface area contributed by atoms with Gasteiger partial charge < -0.3 is 24.9 Å². The highest BCUT2D eigenvalue weighted by Crippen LogP contribution is 2.43. The van der Waals surface area contributed by atoms with Gasteiger partial charge in [0, 0.05) is 37.9 Å². The van der Waals surface area contributed by atoms with Crippen molar-refractivity contribution in [2.24, 2.45) is 0 Å². The van der Waals surface area contributed by atoms with Gasteiger partial charge in [-0.3, -0.25) is 0 Å². The molecule has 6 nitrogen and oxygen atoms in total. The number of methoxy groups -OCH3 is 2. The first-order chi connectivity index (χ1) is 11.2. The number of aliphatic hydroxyl groups is 1. The van der Waals surface area contributed by atoms with E-state index in [0.29, 0.717) is 0 Å². The lowest BCUT2D eigenvalue weighted by atomic mass is 9.91. The van der Waals surface area contributed by atoms with Crippen molar-refractivity contribution in [3.8, 4) is 0 Å². The van der Waals surface area contributed by atoms with Crippen LogP contribution in [0.4, 0.5) is 18.9 Å². The maximum atomic E-state index is 13.7. The highest BCUT2D eigenvalue weighted by Gasteiger charge is 2.59. The molecule has 0 aliphatic rings. The van der Waals surface area contributed by atoms with Crippen molar-refractivity contribution in [1.29, 1.82) is 0 Å². The molecule has 24 heavy (non-hydrogen) atoms. The summed E-state index contributed by atoms with van der Waals surface area (Å²) in [4.78, 5) is 3.73. The van der Waals surface area contributed by atoms with Crippen LogP contribution >= 0.6 is 0 Å². The molecule has 0 amide bonds. The average molecular weight is 345 g/mol. The lowest BCUT2D eigenvalue weighted by Crippen LogP contribution is -2.46. The Hall–Kier alpha value is -2.10. The molecule has 0 radical (unpaired) electrons. The van der Waals surface area contributed by atoms with Crippen molar-refractivity contribution in [2.75, 3.05) is 20.0 Å². The molecular formula is C15H18F3N3O3. The van der Waals surface area contributed by atoms with E-state index in [0.717, 1.165) is 16.7 Å². The zero-order chi connectivity index (χ0) is 18.0. The SMILES string of the molecule is COC(Cn1ccnc1C(O)(c1ccc(N)cc1)C(F)(F)F)OC. The van der Waals surface area contributed by atoms with E-state index in [4.69, 9.17) is 15.2 Å². The minimum atomic E-state index is -5.00. The van der Waals surface area contributed by atoms with Crippen molar-refractivity contribution in [3.63, 3.8) is 0 Å². The number of hydrogen-bond donors (Lipinski definition) is 2. The van der Waals surface area contributed by atoms with Crippen LogP contribution in [0.2, 0.25) is 0 Å². The van der Waals surface area contributed by atoms with Crippen LogP contribution < -0.4 is 5.73 Å². The molecule has 9 heteroatoms. The minimum absolute atomic E-state index is 0.0737. The molecule has 1 heterocycles. The Labute approximate surface area is 136 Å². The zero-order valence-electron chi connectivity index (χ0n) is 13.1. The van der Waals surface area contributed by atoms with Gasteiger partial charge >= 0.3 is 6.18 Å². The summed E-state index contributed by atoms with van der Waals surface area (Å²) in [5, 5.41) is 10.6. The first-order valence-electron chi connectivity index (χ1n) is 6.96. The van der Waals surface area contributed by atoms with Crippen molar-refractivity contribution in [1.82, 2.24) is 9.55 Å². The zero-order valence-corrected chi connectivity index (χ0v) is 13.1. The molecule has 132 valence electrons. The first-order valence-corrected chi connectivity index (χ1v) is 6.96. The highest BCUT2D eigenvalue weighted by molar-refractivity contribution is 5.43. The molecule has 2 rings (SSSR count). The minimum Gasteiger partial charge on any atom is -0.399 e. The molecule has 0 saturated carbocycles. The number of halogens is 3. The third kappa shape index (κ3) is 3.23. The Kier molecular flexibility index (Phi) is 5.16. The molecule has 0 aliphatic heterocycles. The van der Waals surface area contributed by atoms with Gasteiger partial charge in [0.25, 0.3) is 0 Å². The number of nitrogens with zero attached hydrogens (tertiary/aromatic N) is 2. The summed E-state index contributed by atoms with van der Waals surface area (Å²) in [7, 11) is 2.72. The van der Waals surface area contributed by atoms with E-state index in [1.165, 1.54) is 38.7 Å². The van der Waals surface area contributed by atoms with Crippen LogP contribution in [0, 0.1) is 0 Å². The topological polar surface area (TPSA) is 82.5 Å². The number of nitrogen functional groups attached to an aromatic ring is 1. The number of nitrogens with two attached hydrogens (primary N) is 1. The maximum Gasteiger partial charge on any atom is 0.428 e. The molecule has 0 spiro atoms. The molecule has 1 atom stereocenters. The van der Waals surface area contributed by atoms with E-state index in [9.17, 15) is 18.3 Å². The summed E-state index contributed by atoms with van der Waals surface area (Å²) in [6, 6.07) is 4.80. The monoisotopic (exact) mass is 345 g/mol. The van der Waals surface area contributed by atoms with Gasteiger partial charge in [0.2, 0.25) is 5.60 Å². The molecule has 1 unspecified atom stereocenters. The Morgan fingerprint density at radius 3 is 2.29 bits per heavy atom. The van der Waals surface area contributed by atoms with Crippen molar-refractivity contribution < 1.29 is 27.8 Å². The largest absolute Gasteiger partial charge is 0.428 e. The van der Waals surface area contributed by atoms with E-state index >= 15 is 0 Å². The quantitative estimate of drug-likeness (QED) is 0.617. The van der Waals surface area contributed by atoms with Crippen LogP contribution in [-0.2, 0) is 21.6 Å². The second-order valence-corrected chi connectivity index (χ2v) is 5.13. The fourth-order valence-corrected chi connectivity index (χ4v) is 2.33. The third-order valence-corrected chi connectivity index (χ3v) is 3.65. The molecule has 1 aromatic carbocycles. The normalized spacial score (nSPS) is 14.8. The summed E-state index contributed by atoms with van der Waals surface area (Å²) < 4.78 is 52.3. The van der Waals surface area contributed by atoms with Gasteiger partial charge in [-0.05, 0) is 12.1 Å². The number of hydrogen-bond acceptors (Lipinski definition) is 5. The lowest BCUT2D eigenvalue weighted by molar-refractivity contribution is -0.252. The molecule has 3 N–H and O–H groups in total. The summed E-state index contributed by atoms with van der Waals surface area (Å²) >= 11 is 0. The fraction of sp³-hybridized carbons (Fsp3) is 0.400. The maximum absolute atomic E-state index is 13.7. The highest BCUT2D eigenvalue weighted by atomic mass is 19.4. The average Bonchev–Trinajstić information content (AvgIpc) is 2.99. The Morgan fingerprint density at radius 1 is 1.21 bits per heavy atom. The number of imidazole rings is 1. The van der Waals surface area contributed by atoms with Crippen LogP contribution in [0.1, 0.15) is 11.4 Å². The van der Waals surface area contributed by atoms with Gasteiger partial charge in [-0.2, -0.15) is 13.2 Å². The lowest BCUT2D eigenvalue weighted by Gasteiger charge is -2.31. The van der Waals surface area contributed by atoms with E-state index in [-0.39, 0.29) is 17.8 Å². The van der Waals surface area contributed by atoms with E-state index in [1.807, 2.05) is 0 Å². The van der Waals surface area contributed by atoms with Crippen LogP contribution in [0.5, 0.6) is 0 Å². The number of anilines is 1. The summed E-state index contributed by atoms with van der Waals surface area (Å²) in [5.41, 5.74) is 2.11. The molecule has 0 aliphatic carbocycles. The van der Waals surface area contributed by atoms with Crippen LogP contribution in [-0.4, -0.2) is 41.3 Å². The van der Waals surface area contributed by atoms with E-state index < -0.39 is 23.9 Å². The van der Waals surface area contributed by atoms with Crippen molar-refractivity contribution in [2.45, 2.75) is 24.6 Å². The first kappa shape index (κ1) is 18.2. The third-order valence-electron chi connectivity index (χ3n) is 3.65. The summed E-state index contributed by atoms with van der Waals surface area (Å²) in [6.45, 7) is -0.0737. The smallest absolute Gasteiger partial charge is 0.399 e. The fourth-order valence-electron chi connectivity index (χ4n) is 2.33. The number of alkyl halides is 3. The van der Waals surface area contributed by atoms with E-state index in [1.54, 1.807) is 0 Å². The molecule has 0 saturated heterocycles. The molecule has 0 fully saturated rings. The van der Waals surface area contributed by atoms with Gasteiger partial charge in [-0.1, -0.05) is 12.1 Å². The number of benzene rings is 1. The van der Waals surface area contributed by atoms with Crippen LogP contribution in [0.25, 0.3) is 0 Å². The predicted octanol–water partition coefficient (Wildman–Crippen LogP) is 1.88. The second-order valence-electron chi connectivity index (χ2n) is 5.13. The van der Waals surface area contributed by atoms with Crippen molar-refractivity contribution in [3.05, 3.63) is 48.0 Å². The van der Waals surface area contributed by atoms with Gasteiger partial charge in [-0.25, -0.2) is 4.98 Å². The second kappa shape index (κ2) is 6.80. The van der Waals surface area contributed by atoms with Gasteiger partial charge in [0.15, 0.2) is 12.1 Å². The Bertz CT molecular complexity index is 669. The van der Waals surface area contributed by atoms with Gasteiger partial charge in [-0.15, -0.1) is 0 Å². The van der Waals surface area contributed by atoms with Crippen LogP contribution in [0.3, 0.4) is 0 Å². The summed E-state index contributed by atoms with van der Waals surface area (Å²) in [5.74, 6) is -0.584. The molecule has 1 aromatic heterocycles. The Morgan fingerprint density at radius 2 is 1.79 bits per heavy atom. The number of aromatic nitrogens is 2. The van der Waals surface area contributed by atoms with Gasteiger partial charge in [0.1, 0.15) is 0 Å². The number of ether oxygens (including phenoxy) is 2. The standard InChI is InChI=1S/C15H18F3N3O3/c1-23-12(24-2)9-21-8-7-20-13(21)14(22,15(16,17)18)10-3-5-11(19)6-4-10/h3-8,12,22H,9,19H2,1-2H3. The summed E-state index contributed by atoms with van der Waals surface area (Å²) in [6.07, 6.45) is -3.30. The predicted molar refractivity (Wildman–Crippen MR) is 79.9 cm³/mol. The number of rotatable bonds is 6. The van der Waals surface area contributed by atoms with Crippen molar-refractivity contribution >= 4 is 5.69 Å². The molecular weight excluding hydrogens is 327 g/mol.